The van der Waals surface area contributed by atoms with Crippen molar-refractivity contribution in [3.05, 3.63) is 53.3 Å². The zero-order chi connectivity index (χ0) is 14.9. The number of hydrogen-bond donors (Lipinski definition) is 2. The Bertz CT molecular complexity index is 758. The zero-order valence-corrected chi connectivity index (χ0v) is 12.0. The largest absolute Gasteiger partial charge is 0.398 e. The third kappa shape index (κ3) is 2.60. The first kappa shape index (κ1) is 14.3. The van der Waals surface area contributed by atoms with Crippen LogP contribution in [0.5, 0.6) is 0 Å². The summed E-state index contributed by atoms with van der Waals surface area (Å²) in [5.41, 5.74) is 7.04. The number of aryl methyl sites for hydroxylation is 1. The van der Waals surface area contributed by atoms with E-state index in [1.165, 1.54) is 18.2 Å². The Kier molecular flexibility index (Phi) is 3.67. The highest BCUT2D eigenvalue weighted by atomic mass is 32.2. The maximum atomic E-state index is 13.6. The summed E-state index contributed by atoms with van der Waals surface area (Å²) in [6.45, 7) is 3.29. The number of nitrogens with one attached hydrogen (secondary N) is 1. The highest BCUT2D eigenvalue weighted by Crippen LogP contribution is 2.27. The van der Waals surface area contributed by atoms with Crippen molar-refractivity contribution in [2.45, 2.75) is 18.7 Å². The number of sulfonamides is 1. The summed E-state index contributed by atoms with van der Waals surface area (Å²) in [5, 5.41) is 0. The highest BCUT2D eigenvalue weighted by molar-refractivity contribution is 7.92. The van der Waals surface area contributed by atoms with Crippen molar-refractivity contribution in [2.75, 3.05) is 10.5 Å². The molecule has 0 fully saturated rings. The van der Waals surface area contributed by atoms with Crippen LogP contribution in [0.3, 0.4) is 0 Å². The molecular weight excluding hydrogens is 279 g/mol. The fourth-order valence-electron chi connectivity index (χ4n) is 2.00. The van der Waals surface area contributed by atoms with E-state index in [4.69, 9.17) is 5.73 Å². The van der Waals surface area contributed by atoms with Gasteiger partial charge in [-0.25, -0.2) is 12.8 Å². The molecule has 6 heteroatoms. The van der Waals surface area contributed by atoms with Crippen molar-refractivity contribution in [3.63, 3.8) is 0 Å². The Balaban J connectivity index is 2.52. The second-order valence-electron chi connectivity index (χ2n) is 4.51. The first-order valence-electron chi connectivity index (χ1n) is 5.96. The van der Waals surface area contributed by atoms with Gasteiger partial charge < -0.3 is 5.73 Å². The van der Waals surface area contributed by atoms with Gasteiger partial charge in [0, 0.05) is 5.69 Å². The van der Waals surface area contributed by atoms with E-state index in [0.717, 1.165) is 0 Å². The van der Waals surface area contributed by atoms with Crippen LogP contribution in [0.25, 0.3) is 0 Å². The molecule has 0 aromatic heterocycles. The van der Waals surface area contributed by atoms with E-state index in [2.05, 4.69) is 4.72 Å². The lowest BCUT2D eigenvalue weighted by Crippen LogP contribution is -2.17. The second-order valence-corrected chi connectivity index (χ2v) is 6.13. The molecule has 0 unspecified atom stereocenters. The standard InChI is InChI=1S/C14H15FN2O2S/c1-9-7-8-12(16)10(2)14(9)20(18,19)17-13-6-4-3-5-11(13)15/h3-8,17H,16H2,1-2H3. The molecule has 0 bridgehead atoms. The average Bonchev–Trinajstić information content (AvgIpc) is 2.37. The zero-order valence-electron chi connectivity index (χ0n) is 11.1. The summed E-state index contributed by atoms with van der Waals surface area (Å²) >= 11 is 0. The van der Waals surface area contributed by atoms with E-state index in [9.17, 15) is 12.8 Å². The van der Waals surface area contributed by atoms with Gasteiger partial charge in [0.25, 0.3) is 10.0 Å². The fourth-order valence-corrected chi connectivity index (χ4v) is 3.57. The molecule has 0 saturated heterocycles. The van der Waals surface area contributed by atoms with Crippen LogP contribution in [-0.2, 0) is 10.0 Å². The molecule has 0 heterocycles. The summed E-state index contributed by atoms with van der Waals surface area (Å²) in [7, 11) is -3.89. The first-order chi connectivity index (χ1) is 9.33. The third-order valence-electron chi connectivity index (χ3n) is 3.03. The van der Waals surface area contributed by atoms with Crippen molar-refractivity contribution in [3.8, 4) is 0 Å². The third-order valence-corrected chi connectivity index (χ3v) is 4.69. The van der Waals surface area contributed by atoms with E-state index in [-0.39, 0.29) is 10.6 Å². The van der Waals surface area contributed by atoms with Crippen LogP contribution in [0.1, 0.15) is 11.1 Å². The SMILES string of the molecule is Cc1ccc(N)c(C)c1S(=O)(=O)Nc1ccccc1F. The summed E-state index contributed by atoms with van der Waals surface area (Å²) in [5.74, 6) is -0.629. The number of anilines is 2. The van der Waals surface area contributed by atoms with Crippen LogP contribution in [0.2, 0.25) is 0 Å². The smallest absolute Gasteiger partial charge is 0.262 e. The van der Waals surface area contributed by atoms with Gasteiger partial charge in [0.2, 0.25) is 0 Å². The van der Waals surface area contributed by atoms with Crippen LogP contribution in [0.4, 0.5) is 15.8 Å². The Morgan fingerprint density at radius 2 is 1.75 bits per heavy atom. The molecule has 0 radical (unpaired) electrons. The van der Waals surface area contributed by atoms with Crippen LogP contribution in [0.15, 0.2) is 41.3 Å². The van der Waals surface area contributed by atoms with Gasteiger partial charge in [0.1, 0.15) is 5.82 Å². The number of rotatable bonds is 3. The van der Waals surface area contributed by atoms with Gasteiger partial charge in [0.05, 0.1) is 10.6 Å². The number of nitrogen functional groups attached to an aromatic ring is 1. The molecular formula is C14H15FN2O2S. The van der Waals surface area contributed by atoms with E-state index in [1.807, 2.05) is 0 Å². The Hall–Kier alpha value is -2.08. The topological polar surface area (TPSA) is 72.2 Å². The van der Waals surface area contributed by atoms with Crippen LogP contribution < -0.4 is 10.5 Å². The van der Waals surface area contributed by atoms with Crippen LogP contribution >= 0.6 is 0 Å². The molecule has 0 spiro atoms. The van der Waals surface area contributed by atoms with Crippen molar-refractivity contribution >= 4 is 21.4 Å². The van der Waals surface area contributed by atoms with Gasteiger partial charge in [-0.15, -0.1) is 0 Å². The van der Waals surface area contributed by atoms with Gasteiger partial charge >= 0.3 is 0 Å². The monoisotopic (exact) mass is 294 g/mol. The average molecular weight is 294 g/mol. The predicted octanol–water partition coefficient (Wildman–Crippen LogP) is 2.83. The maximum Gasteiger partial charge on any atom is 0.262 e. The number of para-hydroxylation sites is 1. The van der Waals surface area contributed by atoms with E-state index < -0.39 is 15.8 Å². The molecule has 3 N–H and O–H groups in total. The Morgan fingerprint density at radius 3 is 2.40 bits per heavy atom. The van der Waals surface area contributed by atoms with Crippen molar-refractivity contribution in [2.24, 2.45) is 0 Å². The first-order valence-corrected chi connectivity index (χ1v) is 7.44. The molecule has 0 amide bonds. The fraction of sp³-hybridized carbons (Fsp3) is 0.143. The quantitative estimate of drug-likeness (QED) is 0.855. The number of halogens is 1. The highest BCUT2D eigenvalue weighted by Gasteiger charge is 2.21. The number of hydrogen-bond acceptors (Lipinski definition) is 3. The van der Waals surface area contributed by atoms with Crippen molar-refractivity contribution < 1.29 is 12.8 Å². The van der Waals surface area contributed by atoms with Crippen LogP contribution in [-0.4, -0.2) is 8.42 Å². The Labute approximate surface area is 117 Å². The summed E-state index contributed by atoms with van der Waals surface area (Å²) in [6.07, 6.45) is 0. The van der Waals surface area contributed by atoms with Gasteiger partial charge in [-0.05, 0) is 43.2 Å². The van der Waals surface area contributed by atoms with E-state index in [0.29, 0.717) is 16.8 Å². The van der Waals surface area contributed by atoms with Gasteiger partial charge in [-0.3, -0.25) is 4.72 Å². The lowest BCUT2D eigenvalue weighted by Gasteiger charge is -2.14. The lowest BCUT2D eigenvalue weighted by molar-refractivity contribution is 0.597. The molecule has 0 aliphatic heterocycles. The molecule has 4 nitrogen and oxygen atoms in total. The van der Waals surface area contributed by atoms with Gasteiger partial charge in [-0.1, -0.05) is 18.2 Å². The lowest BCUT2D eigenvalue weighted by atomic mass is 10.1. The number of nitrogens with two attached hydrogens (primary N) is 1. The summed E-state index contributed by atoms with van der Waals surface area (Å²) in [6, 6.07) is 8.87. The molecule has 0 atom stereocenters. The molecule has 20 heavy (non-hydrogen) atoms. The molecule has 0 saturated carbocycles. The molecule has 2 rings (SSSR count). The van der Waals surface area contributed by atoms with Crippen LogP contribution in [0, 0.1) is 19.7 Å². The predicted molar refractivity (Wildman–Crippen MR) is 77.5 cm³/mol. The molecule has 106 valence electrons. The van der Waals surface area contributed by atoms with E-state index >= 15 is 0 Å². The molecule has 0 aliphatic rings. The van der Waals surface area contributed by atoms with Gasteiger partial charge in [0.15, 0.2) is 0 Å². The minimum absolute atomic E-state index is 0.0840. The van der Waals surface area contributed by atoms with Crippen molar-refractivity contribution in [1.82, 2.24) is 0 Å². The second kappa shape index (κ2) is 5.13. The minimum atomic E-state index is -3.89. The summed E-state index contributed by atoms with van der Waals surface area (Å²) in [4.78, 5) is 0.0840. The minimum Gasteiger partial charge on any atom is -0.398 e. The molecule has 0 aliphatic carbocycles. The summed E-state index contributed by atoms with van der Waals surface area (Å²) < 4.78 is 40.6. The molecule has 2 aromatic carbocycles. The molecule has 2 aromatic rings. The van der Waals surface area contributed by atoms with Crippen molar-refractivity contribution in [1.29, 1.82) is 0 Å². The normalized spacial score (nSPS) is 11.3. The Morgan fingerprint density at radius 1 is 1.10 bits per heavy atom. The number of benzene rings is 2. The van der Waals surface area contributed by atoms with E-state index in [1.54, 1.807) is 32.0 Å². The maximum absolute atomic E-state index is 13.6. The van der Waals surface area contributed by atoms with Gasteiger partial charge in [-0.2, -0.15) is 0 Å².